The molecule has 0 radical (unpaired) electrons. The van der Waals surface area contributed by atoms with Gasteiger partial charge in [0, 0.05) is 12.5 Å². The lowest BCUT2D eigenvalue weighted by atomic mass is 9.86. The molecule has 16 heavy (non-hydrogen) atoms. The topological polar surface area (TPSA) is 29.1 Å². The van der Waals surface area contributed by atoms with Gasteiger partial charge in [0.2, 0.25) is 5.91 Å². The van der Waals surface area contributed by atoms with Gasteiger partial charge in [0.1, 0.15) is 0 Å². The van der Waals surface area contributed by atoms with E-state index in [-0.39, 0.29) is 5.91 Å². The van der Waals surface area contributed by atoms with Gasteiger partial charge in [0.25, 0.3) is 0 Å². The smallest absolute Gasteiger partial charge is 0.220 e. The molecule has 0 spiro atoms. The number of rotatable bonds is 5. The molecule has 0 aromatic carbocycles. The van der Waals surface area contributed by atoms with Gasteiger partial charge in [-0.05, 0) is 25.2 Å². The van der Waals surface area contributed by atoms with Crippen LogP contribution in [-0.2, 0) is 4.79 Å². The van der Waals surface area contributed by atoms with Crippen molar-refractivity contribution in [3.8, 4) is 0 Å². The zero-order valence-electron chi connectivity index (χ0n) is 11.1. The largest absolute Gasteiger partial charge is 0.353 e. The van der Waals surface area contributed by atoms with Gasteiger partial charge in [-0.1, -0.05) is 46.0 Å². The highest BCUT2D eigenvalue weighted by atomic mass is 16.1. The predicted molar refractivity (Wildman–Crippen MR) is 68.3 cm³/mol. The number of hydrogen-bond acceptors (Lipinski definition) is 1. The molecule has 1 unspecified atom stereocenters. The lowest BCUT2D eigenvalue weighted by Gasteiger charge is -2.22. The molecule has 1 saturated carbocycles. The van der Waals surface area contributed by atoms with E-state index in [9.17, 15) is 4.79 Å². The van der Waals surface area contributed by atoms with Crippen LogP contribution in [0.25, 0.3) is 0 Å². The lowest BCUT2D eigenvalue weighted by Crippen LogP contribution is -2.36. The molecular weight excluding hydrogens is 198 g/mol. The number of nitrogens with one attached hydrogen (secondary N) is 1. The minimum Gasteiger partial charge on any atom is -0.353 e. The van der Waals surface area contributed by atoms with Crippen molar-refractivity contribution < 1.29 is 4.79 Å². The maximum absolute atomic E-state index is 11.7. The first-order chi connectivity index (χ1) is 7.59. The quantitative estimate of drug-likeness (QED) is 0.762. The molecule has 1 fully saturated rings. The Hall–Kier alpha value is -0.530. The molecule has 0 saturated heterocycles. The van der Waals surface area contributed by atoms with Crippen LogP contribution in [0.1, 0.15) is 65.7 Å². The summed E-state index contributed by atoms with van der Waals surface area (Å²) in [5, 5.41) is 3.08. The average Bonchev–Trinajstić information content (AvgIpc) is 2.27. The Morgan fingerprint density at radius 2 is 1.81 bits per heavy atom. The molecule has 0 aliphatic heterocycles. The fraction of sp³-hybridized carbons (Fsp3) is 0.929. The minimum atomic E-state index is 0.242. The van der Waals surface area contributed by atoms with Crippen molar-refractivity contribution in [2.75, 3.05) is 0 Å². The van der Waals surface area contributed by atoms with Crippen LogP contribution in [0.3, 0.4) is 0 Å². The third kappa shape index (κ3) is 5.00. The van der Waals surface area contributed by atoms with Crippen LogP contribution in [0.5, 0.6) is 0 Å². The number of carbonyl (C=O) groups excluding carboxylic acids is 1. The molecule has 0 aromatic rings. The van der Waals surface area contributed by atoms with Gasteiger partial charge in [-0.2, -0.15) is 0 Å². The van der Waals surface area contributed by atoms with E-state index in [1.165, 1.54) is 32.1 Å². The van der Waals surface area contributed by atoms with E-state index in [4.69, 9.17) is 0 Å². The Balaban J connectivity index is 2.14. The van der Waals surface area contributed by atoms with Crippen LogP contribution in [0, 0.1) is 11.8 Å². The average molecular weight is 225 g/mol. The lowest BCUT2D eigenvalue weighted by molar-refractivity contribution is -0.122. The molecule has 1 rings (SSSR count). The third-order valence-electron chi connectivity index (χ3n) is 3.89. The van der Waals surface area contributed by atoms with Crippen molar-refractivity contribution in [3.05, 3.63) is 0 Å². The van der Waals surface area contributed by atoms with Crippen LogP contribution in [-0.4, -0.2) is 11.9 Å². The van der Waals surface area contributed by atoms with Gasteiger partial charge in [0.05, 0.1) is 0 Å². The van der Waals surface area contributed by atoms with Gasteiger partial charge < -0.3 is 5.32 Å². The minimum absolute atomic E-state index is 0.242. The summed E-state index contributed by atoms with van der Waals surface area (Å²) >= 11 is 0. The van der Waals surface area contributed by atoms with E-state index >= 15 is 0 Å². The van der Waals surface area contributed by atoms with E-state index in [1.54, 1.807) is 0 Å². The van der Waals surface area contributed by atoms with E-state index in [0.29, 0.717) is 12.0 Å². The van der Waals surface area contributed by atoms with E-state index in [2.05, 4.69) is 26.1 Å². The highest BCUT2D eigenvalue weighted by Gasteiger charge is 2.16. The maximum Gasteiger partial charge on any atom is 0.220 e. The van der Waals surface area contributed by atoms with Crippen molar-refractivity contribution in [1.82, 2.24) is 5.32 Å². The zero-order valence-corrected chi connectivity index (χ0v) is 11.1. The van der Waals surface area contributed by atoms with Crippen LogP contribution in [0.2, 0.25) is 0 Å². The highest BCUT2D eigenvalue weighted by molar-refractivity contribution is 5.76. The summed E-state index contributed by atoms with van der Waals surface area (Å²) in [6.07, 6.45) is 8.63. The third-order valence-corrected chi connectivity index (χ3v) is 3.89. The van der Waals surface area contributed by atoms with Crippen LogP contribution >= 0.6 is 0 Å². The Morgan fingerprint density at radius 3 is 2.38 bits per heavy atom. The molecule has 1 aliphatic rings. The fourth-order valence-corrected chi connectivity index (χ4v) is 2.30. The van der Waals surface area contributed by atoms with Gasteiger partial charge in [0.15, 0.2) is 0 Å². The Bertz CT molecular complexity index is 207. The molecule has 1 atom stereocenters. The highest BCUT2D eigenvalue weighted by Crippen LogP contribution is 2.27. The first-order valence-electron chi connectivity index (χ1n) is 6.89. The Morgan fingerprint density at radius 1 is 1.19 bits per heavy atom. The molecule has 1 aliphatic carbocycles. The van der Waals surface area contributed by atoms with Crippen molar-refractivity contribution in [1.29, 1.82) is 0 Å². The standard InChI is InChI=1S/C14H27NO/c1-11(2)12(3)15-14(16)10-9-13-7-5-4-6-8-13/h11-13H,4-10H2,1-3H3,(H,15,16). The summed E-state index contributed by atoms with van der Waals surface area (Å²) in [6.45, 7) is 6.38. The summed E-state index contributed by atoms with van der Waals surface area (Å²) in [7, 11) is 0. The monoisotopic (exact) mass is 225 g/mol. The van der Waals surface area contributed by atoms with Gasteiger partial charge >= 0.3 is 0 Å². The summed E-state index contributed by atoms with van der Waals surface area (Å²) in [6, 6.07) is 0.304. The molecule has 2 nitrogen and oxygen atoms in total. The van der Waals surface area contributed by atoms with Crippen molar-refractivity contribution in [2.45, 2.75) is 71.8 Å². The predicted octanol–water partition coefficient (Wildman–Crippen LogP) is 3.51. The molecular formula is C14H27NO. The first-order valence-corrected chi connectivity index (χ1v) is 6.89. The second-order valence-corrected chi connectivity index (χ2v) is 5.64. The van der Waals surface area contributed by atoms with E-state index in [1.807, 2.05) is 0 Å². The fourth-order valence-electron chi connectivity index (χ4n) is 2.30. The molecule has 1 amide bonds. The number of hydrogen-bond donors (Lipinski definition) is 1. The van der Waals surface area contributed by atoms with Gasteiger partial charge in [-0.15, -0.1) is 0 Å². The summed E-state index contributed by atoms with van der Waals surface area (Å²) in [5.41, 5.74) is 0. The van der Waals surface area contributed by atoms with Crippen LogP contribution in [0.15, 0.2) is 0 Å². The SMILES string of the molecule is CC(C)C(C)NC(=O)CCC1CCCCC1. The van der Waals surface area contributed by atoms with Crippen molar-refractivity contribution in [3.63, 3.8) is 0 Å². The molecule has 0 heterocycles. The summed E-state index contributed by atoms with van der Waals surface area (Å²) < 4.78 is 0. The van der Waals surface area contributed by atoms with Crippen LogP contribution < -0.4 is 5.32 Å². The summed E-state index contributed by atoms with van der Waals surface area (Å²) in [5.74, 6) is 1.58. The van der Waals surface area contributed by atoms with E-state index in [0.717, 1.165) is 18.8 Å². The zero-order chi connectivity index (χ0) is 12.0. The molecule has 94 valence electrons. The second kappa shape index (κ2) is 6.93. The number of carbonyl (C=O) groups is 1. The Labute approximate surface area is 100 Å². The normalized spacial score (nSPS) is 19.8. The molecule has 0 aromatic heterocycles. The van der Waals surface area contributed by atoms with Crippen molar-refractivity contribution >= 4 is 5.91 Å². The van der Waals surface area contributed by atoms with Crippen molar-refractivity contribution in [2.24, 2.45) is 11.8 Å². The first kappa shape index (κ1) is 13.5. The van der Waals surface area contributed by atoms with Gasteiger partial charge in [-0.3, -0.25) is 4.79 Å². The molecule has 0 bridgehead atoms. The number of amides is 1. The van der Waals surface area contributed by atoms with Crippen LogP contribution in [0.4, 0.5) is 0 Å². The maximum atomic E-state index is 11.7. The molecule has 2 heteroatoms. The summed E-state index contributed by atoms with van der Waals surface area (Å²) in [4.78, 5) is 11.7. The molecule has 1 N–H and O–H groups in total. The van der Waals surface area contributed by atoms with E-state index < -0.39 is 0 Å². The second-order valence-electron chi connectivity index (χ2n) is 5.64. The Kier molecular flexibility index (Phi) is 5.86. The van der Waals surface area contributed by atoms with Gasteiger partial charge in [-0.25, -0.2) is 0 Å².